The second kappa shape index (κ2) is 8.04. The topological polar surface area (TPSA) is 43.4 Å². The normalized spacial score (nSPS) is 16.3. The zero-order valence-corrected chi connectivity index (χ0v) is 10.6. The highest BCUT2D eigenvalue weighted by molar-refractivity contribution is 6.11. The molecule has 1 heterocycles. The predicted octanol–water partition coefficient (Wildman–Crippen LogP) is 3.38. The van der Waals surface area contributed by atoms with Crippen LogP contribution in [0.4, 0.5) is 0 Å². The number of esters is 2. The molecular formula is C14H22O3. The summed E-state index contributed by atoms with van der Waals surface area (Å²) in [6.45, 7) is 2.22. The third kappa shape index (κ3) is 5.16. The first-order chi connectivity index (χ1) is 8.25. The molecule has 0 radical (unpaired) electrons. The number of cyclic esters (lactones) is 2. The summed E-state index contributed by atoms with van der Waals surface area (Å²) in [6, 6.07) is 0. The summed E-state index contributed by atoms with van der Waals surface area (Å²) in [4.78, 5) is 21.6. The zero-order chi connectivity index (χ0) is 12.5. The lowest BCUT2D eigenvalue weighted by Crippen LogP contribution is -2.39. The molecule has 0 bridgehead atoms. The van der Waals surface area contributed by atoms with Gasteiger partial charge in [-0.05, 0) is 12.8 Å². The quantitative estimate of drug-likeness (QED) is 0.268. The summed E-state index contributed by atoms with van der Waals surface area (Å²) >= 11 is 0. The van der Waals surface area contributed by atoms with Crippen LogP contribution in [0.5, 0.6) is 0 Å². The monoisotopic (exact) mass is 238 g/mol. The van der Waals surface area contributed by atoms with Gasteiger partial charge in [0, 0.05) is 0 Å². The van der Waals surface area contributed by atoms with Crippen molar-refractivity contribution in [2.45, 2.75) is 58.3 Å². The van der Waals surface area contributed by atoms with Crippen LogP contribution in [0.3, 0.4) is 0 Å². The number of hydrogen-bond donors (Lipinski definition) is 0. The molecule has 1 aliphatic heterocycles. The number of ether oxygens (including phenoxy) is 1. The average molecular weight is 238 g/mol. The number of unbranched alkanes of at least 4 members (excludes halogenated alkanes) is 7. The minimum Gasteiger partial charge on any atom is -0.391 e. The van der Waals surface area contributed by atoms with Gasteiger partial charge in [0.05, 0.1) is 0 Å². The molecule has 1 saturated heterocycles. The van der Waals surface area contributed by atoms with E-state index in [4.69, 9.17) is 0 Å². The largest absolute Gasteiger partial charge is 0.391 e. The molecule has 1 aliphatic rings. The predicted molar refractivity (Wildman–Crippen MR) is 66.3 cm³/mol. The minimum atomic E-state index is -0.612. The van der Waals surface area contributed by atoms with E-state index < -0.39 is 17.9 Å². The molecule has 0 saturated carbocycles. The molecule has 0 aromatic heterocycles. The van der Waals surface area contributed by atoms with E-state index >= 15 is 0 Å². The second-order valence-electron chi connectivity index (χ2n) is 4.56. The van der Waals surface area contributed by atoms with E-state index in [2.05, 4.69) is 11.7 Å². The fourth-order valence-electron chi connectivity index (χ4n) is 1.87. The fraction of sp³-hybridized carbons (Fsp3) is 0.714. The van der Waals surface area contributed by atoms with E-state index in [0.29, 0.717) is 0 Å². The van der Waals surface area contributed by atoms with Gasteiger partial charge in [0.1, 0.15) is 0 Å². The van der Waals surface area contributed by atoms with Gasteiger partial charge in [-0.2, -0.15) is 0 Å². The maximum absolute atomic E-state index is 10.8. The highest BCUT2D eigenvalue weighted by Crippen LogP contribution is 2.16. The zero-order valence-electron chi connectivity index (χ0n) is 10.6. The lowest BCUT2D eigenvalue weighted by molar-refractivity contribution is -0.180. The summed E-state index contributed by atoms with van der Waals surface area (Å²) in [5, 5.41) is 0. The van der Waals surface area contributed by atoms with Crippen molar-refractivity contribution < 1.29 is 14.3 Å². The number of rotatable bonds is 9. The first-order valence-corrected chi connectivity index (χ1v) is 6.68. The Labute approximate surface area is 103 Å². The molecule has 3 nitrogen and oxygen atoms in total. The van der Waals surface area contributed by atoms with E-state index in [1.807, 2.05) is 6.08 Å². The maximum Gasteiger partial charge on any atom is 0.331 e. The molecule has 0 amide bonds. The average Bonchev–Trinajstić information content (AvgIpc) is 2.31. The van der Waals surface area contributed by atoms with E-state index in [1.54, 1.807) is 6.08 Å². The van der Waals surface area contributed by atoms with Gasteiger partial charge in [-0.25, -0.2) is 0 Å². The van der Waals surface area contributed by atoms with Crippen LogP contribution in [0.2, 0.25) is 0 Å². The highest BCUT2D eigenvalue weighted by atomic mass is 16.6. The van der Waals surface area contributed by atoms with Crippen molar-refractivity contribution in [2.75, 3.05) is 0 Å². The lowest BCUT2D eigenvalue weighted by Gasteiger charge is -2.17. The molecular weight excluding hydrogens is 216 g/mol. The standard InChI is InChI=1S/C14H22O3/c1-2-3-4-5-6-7-8-9-10-11-12-13(15)17-14(12)16/h10-12H,2-9H2,1H3/b11-10-. The van der Waals surface area contributed by atoms with Gasteiger partial charge >= 0.3 is 11.9 Å². The Morgan fingerprint density at radius 1 is 1.00 bits per heavy atom. The smallest absolute Gasteiger partial charge is 0.331 e. The van der Waals surface area contributed by atoms with Crippen molar-refractivity contribution >= 4 is 11.9 Å². The van der Waals surface area contributed by atoms with Crippen molar-refractivity contribution in [3.05, 3.63) is 12.2 Å². The Morgan fingerprint density at radius 3 is 2.18 bits per heavy atom. The molecule has 0 unspecified atom stereocenters. The van der Waals surface area contributed by atoms with Crippen molar-refractivity contribution in [2.24, 2.45) is 5.92 Å². The Bertz CT molecular complexity index is 267. The van der Waals surface area contributed by atoms with Crippen molar-refractivity contribution in [1.29, 1.82) is 0 Å². The summed E-state index contributed by atoms with van der Waals surface area (Å²) in [5.74, 6) is -1.43. The lowest BCUT2D eigenvalue weighted by atomic mass is 10.0. The molecule has 0 atom stereocenters. The number of carbonyl (C=O) groups excluding carboxylic acids is 2. The van der Waals surface area contributed by atoms with Gasteiger partial charge in [-0.1, -0.05) is 57.6 Å². The van der Waals surface area contributed by atoms with Crippen LogP contribution in [0.25, 0.3) is 0 Å². The van der Waals surface area contributed by atoms with E-state index in [-0.39, 0.29) is 0 Å². The van der Waals surface area contributed by atoms with Gasteiger partial charge in [0.25, 0.3) is 0 Å². The van der Waals surface area contributed by atoms with Crippen LogP contribution in [0, 0.1) is 5.92 Å². The van der Waals surface area contributed by atoms with Crippen LogP contribution in [0.1, 0.15) is 58.3 Å². The first kappa shape index (κ1) is 13.9. The fourth-order valence-corrected chi connectivity index (χ4v) is 1.87. The van der Waals surface area contributed by atoms with Crippen LogP contribution in [0.15, 0.2) is 12.2 Å². The third-order valence-corrected chi connectivity index (χ3v) is 3.01. The van der Waals surface area contributed by atoms with E-state index in [1.165, 1.54) is 38.5 Å². The highest BCUT2D eigenvalue weighted by Gasteiger charge is 2.39. The van der Waals surface area contributed by atoms with Crippen LogP contribution in [-0.4, -0.2) is 11.9 Å². The molecule has 0 aromatic rings. The number of carbonyl (C=O) groups is 2. The number of allylic oxidation sites excluding steroid dienone is 1. The Morgan fingerprint density at radius 2 is 1.59 bits per heavy atom. The number of hydrogen-bond acceptors (Lipinski definition) is 3. The SMILES string of the molecule is CCCCCCCCC/C=C\C1C(=O)OC1=O. The molecule has 0 aromatic carbocycles. The van der Waals surface area contributed by atoms with Gasteiger partial charge in [-0.15, -0.1) is 0 Å². The van der Waals surface area contributed by atoms with Crippen LogP contribution in [-0.2, 0) is 14.3 Å². The third-order valence-electron chi connectivity index (χ3n) is 3.01. The first-order valence-electron chi connectivity index (χ1n) is 6.68. The minimum absolute atomic E-state index is 0.411. The second-order valence-corrected chi connectivity index (χ2v) is 4.56. The van der Waals surface area contributed by atoms with Crippen LogP contribution >= 0.6 is 0 Å². The Balaban J connectivity index is 1.92. The Kier molecular flexibility index (Phi) is 6.60. The molecule has 0 spiro atoms. The summed E-state index contributed by atoms with van der Waals surface area (Å²) < 4.78 is 4.26. The molecule has 1 rings (SSSR count). The molecule has 17 heavy (non-hydrogen) atoms. The molecule has 3 heteroatoms. The van der Waals surface area contributed by atoms with Crippen molar-refractivity contribution in [3.63, 3.8) is 0 Å². The van der Waals surface area contributed by atoms with E-state index in [0.717, 1.165) is 12.8 Å². The van der Waals surface area contributed by atoms with Crippen LogP contribution < -0.4 is 0 Å². The Hall–Kier alpha value is -1.12. The molecule has 96 valence electrons. The molecule has 0 aliphatic carbocycles. The van der Waals surface area contributed by atoms with Gasteiger partial charge in [0.2, 0.25) is 0 Å². The van der Waals surface area contributed by atoms with Gasteiger partial charge in [-0.3, -0.25) is 9.59 Å². The van der Waals surface area contributed by atoms with Crippen molar-refractivity contribution in [1.82, 2.24) is 0 Å². The van der Waals surface area contributed by atoms with E-state index in [9.17, 15) is 9.59 Å². The summed E-state index contributed by atoms with van der Waals surface area (Å²) in [6.07, 6.45) is 13.5. The summed E-state index contributed by atoms with van der Waals surface area (Å²) in [5.41, 5.74) is 0. The summed E-state index contributed by atoms with van der Waals surface area (Å²) in [7, 11) is 0. The van der Waals surface area contributed by atoms with Gasteiger partial charge in [0.15, 0.2) is 5.92 Å². The van der Waals surface area contributed by atoms with Gasteiger partial charge < -0.3 is 4.74 Å². The molecule has 0 N–H and O–H groups in total. The maximum atomic E-state index is 10.8. The molecule has 1 fully saturated rings. The van der Waals surface area contributed by atoms with Crippen molar-refractivity contribution in [3.8, 4) is 0 Å².